The molecular formula is C19H27N3O2. The van der Waals surface area contributed by atoms with E-state index in [2.05, 4.69) is 6.07 Å². The number of hydrogen-bond acceptors (Lipinski definition) is 3. The molecule has 1 aromatic rings. The molecule has 2 amide bonds. The van der Waals surface area contributed by atoms with Crippen molar-refractivity contribution in [3.05, 3.63) is 29.8 Å². The fraction of sp³-hybridized carbons (Fsp3) is 0.579. The van der Waals surface area contributed by atoms with E-state index < -0.39 is 0 Å². The molecular weight excluding hydrogens is 302 g/mol. The number of nitrogens with two attached hydrogens (primary N) is 1. The van der Waals surface area contributed by atoms with Crippen LogP contribution >= 0.6 is 0 Å². The van der Waals surface area contributed by atoms with Crippen molar-refractivity contribution in [3.63, 3.8) is 0 Å². The highest BCUT2D eigenvalue weighted by molar-refractivity contribution is 5.96. The zero-order valence-corrected chi connectivity index (χ0v) is 14.4. The molecule has 0 bridgehead atoms. The summed E-state index contributed by atoms with van der Waals surface area (Å²) in [6.07, 6.45) is 4.88. The van der Waals surface area contributed by atoms with Gasteiger partial charge >= 0.3 is 0 Å². The lowest BCUT2D eigenvalue weighted by molar-refractivity contribution is -0.132. The van der Waals surface area contributed by atoms with Gasteiger partial charge in [-0.15, -0.1) is 0 Å². The Kier molecular flexibility index (Phi) is 5.19. The van der Waals surface area contributed by atoms with E-state index in [-0.39, 0.29) is 17.9 Å². The van der Waals surface area contributed by atoms with Crippen LogP contribution in [-0.4, -0.2) is 42.9 Å². The fourth-order valence-corrected chi connectivity index (χ4v) is 3.64. The molecule has 0 spiro atoms. The van der Waals surface area contributed by atoms with E-state index in [9.17, 15) is 9.59 Å². The number of rotatable bonds is 7. The number of carbonyl (C=O) groups is 2. The molecule has 2 aliphatic rings. The molecule has 2 N–H and O–H groups in total. The predicted molar refractivity (Wildman–Crippen MR) is 94.7 cm³/mol. The van der Waals surface area contributed by atoms with Crippen molar-refractivity contribution in [3.8, 4) is 0 Å². The number of para-hydroxylation sites is 1. The number of fused-ring (bicyclic) bond motifs is 1. The lowest BCUT2D eigenvalue weighted by Crippen LogP contribution is -2.43. The molecule has 3 rings (SSSR count). The van der Waals surface area contributed by atoms with Crippen LogP contribution in [0.1, 0.15) is 37.7 Å². The van der Waals surface area contributed by atoms with E-state index in [4.69, 9.17) is 5.73 Å². The molecule has 24 heavy (non-hydrogen) atoms. The van der Waals surface area contributed by atoms with E-state index in [1.807, 2.05) is 35.0 Å². The maximum atomic E-state index is 12.4. The van der Waals surface area contributed by atoms with Gasteiger partial charge < -0.3 is 15.5 Å². The van der Waals surface area contributed by atoms with Crippen molar-refractivity contribution in [1.82, 2.24) is 4.90 Å². The lowest BCUT2D eigenvalue weighted by Gasteiger charge is -2.30. The van der Waals surface area contributed by atoms with E-state index in [0.29, 0.717) is 38.3 Å². The molecule has 0 saturated heterocycles. The van der Waals surface area contributed by atoms with Gasteiger partial charge in [-0.3, -0.25) is 9.59 Å². The van der Waals surface area contributed by atoms with Gasteiger partial charge in [0.1, 0.15) is 0 Å². The fourth-order valence-electron chi connectivity index (χ4n) is 3.64. The molecule has 1 aliphatic heterocycles. The lowest BCUT2D eigenvalue weighted by atomic mass is 10.0. The Labute approximate surface area is 143 Å². The summed E-state index contributed by atoms with van der Waals surface area (Å²) < 4.78 is 0. The van der Waals surface area contributed by atoms with Crippen LogP contribution in [0, 0.1) is 5.92 Å². The van der Waals surface area contributed by atoms with Crippen LogP contribution in [0.5, 0.6) is 0 Å². The Morgan fingerprint density at radius 1 is 1.33 bits per heavy atom. The Hall–Kier alpha value is -1.88. The summed E-state index contributed by atoms with van der Waals surface area (Å²) in [6.45, 7) is 1.14. The first kappa shape index (κ1) is 17.0. The summed E-state index contributed by atoms with van der Waals surface area (Å²) >= 11 is 0. The number of benzene rings is 1. The predicted octanol–water partition coefficient (Wildman–Crippen LogP) is 1.94. The van der Waals surface area contributed by atoms with Gasteiger partial charge in [0.15, 0.2) is 0 Å². The number of anilines is 1. The second-order valence-electron chi connectivity index (χ2n) is 6.92. The molecule has 1 heterocycles. The van der Waals surface area contributed by atoms with Gasteiger partial charge in [0.05, 0.1) is 0 Å². The van der Waals surface area contributed by atoms with Gasteiger partial charge in [-0.05, 0) is 43.2 Å². The van der Waals surface area contributed by atoms with Crippen molar-refractivity contribution >= 4 is 17.5 Å². The Bertz CT molecular complexity index is 612. The van der Waals surface area contributed by atoms with Gasteiger partial charge in [0.25, 0.3) is 0 Å². The van der Waals surface area contributed by atoms with Crippen LogP contribution in [0.15, 0.2) is 24.3 Å². The zero-order valence-electron chi connectivity index (χ0n) is 14.4. The van der Waals surface area contributed by atoms with Gasteiger partial charge in [0.2, 0.25) is 11.8 Å². The second-order valence-corrected chi connectivity index (χ2v) is 6.92. The number of nitrogens with zero attached hydrogens (tertiary/aromatic N) is 2. The quantitative estimate of drug-likeness (QED) is 0.831. The van der Waals surface area contributed by atoms with Gasteiger partial charge in [0, 0.05) is 44.7 Å². The van der Waals surface area contributed by atoms with Gasteiger partial charge in [-0.2, -0.15) is 0 Å². The summed E-state index contributed by atoms with van der Waals surface area (Å²) in [5, 5.41) is 0. The third-order valence-corrected chi connectivity index (χ3v) is 5.26. The molecule has 1 unspecified atom stereocenters. The minimum absolute atomic E-state index is 0.134. The summed E-state index contributed by atoms with van der Waals surface area (Å²) in [5.41, 5.74) is 8.05. The second kappa shape index (κ2) is 7.34. The van der Waals surface area contributed by atoms with Crippen LogP contribution in [0.25, 0.3) is 0 Å². The summed E-state index contributed by atoms with van der Waals surface area (Å²) in [6, 6.07) is 8.23. The van der Waals surface area contributed by atoms with Crippen LogP contribution in [0.2, 0.25) is 0 Å². The summed E-state index contributed by atoms with van der Waals surface area (Å²) in [7, 11) is 1.86. The van der Waals surface area contributed by atoms with Crippen molar-refractivity contribution in [2.45, 2.75) is 44.6 Å². The van der Waals surface area contributed by atoms with Gasteiger partial charge in [-0.25, -0.2) is 0 Å². The summed E-state index contributed by atoms with van der Waals surface area (Å²) in [5.74, 6) is 0.877. The third-order valence-electron chi connectivity index (χ3n) is 5.26. The van der Waals surface area contributed by atoms with E-state index in [1.54, 1.807) is 0 Å². The average Bonchev–Trinajstić information content (AvgIpc) is 3.42. The van der Waals surface area contributed by atoms with E-state index in [1.165, 1.54) is 18.4 Å². The first-order valence-electron chi connectivity index (χ1n) is 8.96. The van der Waals surface area contributed by atoms with Crippen LogP contribution in [-0.2, 0) is 16.0 Å². The monoisotopic (exact) mass is 329 g/mol. The first-order chi connectivity index (χ1) is 11.6. The highest BCUT2D eigenvalue weighted by Crippen LogP contribution is 2.34. The maximum Gasteiger partial charge on any atom is 0.227 e. The number of aryl methyl sites for hydroxylation is 1. The third kappa shape index (κ3) is 3.61. The highest BCUT2D eigenvalue weighted by atomic mass is 16.2. The minimum atomic E-state index is 0.134. The van der Waals surface area contributed by atoms with Crippen LogP contribution in [0.3, 0.4) is 0 Å². The molecule has 0 radical (unpaired) electrons. The molecule has 1 aliphatic carbocycles. The molecule has 1 aromatic carbocycles. The molecule has 1 fully saturated rings. The van der Waals surface area contributed by atoms with Crippen molar-refractivity contribution < 1.29 is 9.59 Å². The van der Waals surface area contributed by atoms with Crippen molar-refractivity contribution in [2.75, 3.05) is 25.0 Å². The maximum absolute atomic E-state index is 12.4. The smallest absolute Gasteiger partial charge is 0.227 e. The number of likely N-dealkylation sites (N-methyl/N-ethyl adjacent to an activating group) is 1. The van der Waals surface area contributed by atoms with Crippen LogP contribution < -0.4 is 10.6 Å². The van der Waals surface area contributed by atoms with E-state index >= 15 is 0 Å². The zero-order chi connectivity index (χ0) is 17.1. The van der Waals surface area contributed by atoms with Crippen LogP contribution in [0.4, 0.5) is 5.69 Å². The standard InChI is InChI=1S/C19H27N3O2/c1-21(17(13-20)15-8-9-15)18(23)7-4-12-22-16-6-3-2-5-14(16)10-11-19(22)24/h2-3,5-6,15,17H,4,7-13,20H2,1H3. The number of amides is 2. The van der Waals surface area contributed by atoms with E-state index in [0.717, 1.165) is 12.1 Å². The number of carbonyl (C=O) groups excluding carboxylic acids is 2. The normalized spacial score (nSPS) is 18.2. The molecule has 5 nitrogen and oxygen atoms in total. The highest BCUT2D eigenvalue weighted by Gasteiger charge is 2.34. The minimum Gasteiger partial charge on any atom is -0.341 e. The molecule has 130 valence electrons. The molecule has 1 atom stereocenters. The molecule has 1 saturated carbocycles. The SMILES string of the molecule is CN(C(=O)CCCN1C(=O)CCc2ccccc21)C(CN)C1CC1. The Morgan fingerprint density at radius 3 is 2.79 bits per heavy atom. The summed E-state index contributed by atoms with van der Waals surface area (Å²) in [4.78, 5) is 28.3. The van der Waals surface area contributed by atoms with Crippen molar-refractivity contribution in [1.29, 1.82) is 0 Å². The largest absolute Gasteiger partial charge is 0.341 e. The first-order valence-corrected chi connectivity index (χ1v) is 8.96. The molecule has 5 heteroatoms. The topological polar surface area (TPSA) is 66.6 Å². The number of hydrogen-bond donors (Lipinski definition) is 1. The average molecular weight is 329 g/mol. The Balaban J connectivity index is 1.54. The van der Waals surface area contributed by atoms with Crippen molar-refractivity contribution in [2.24, 2.45) is 11.7 Å². The Morgan fingerprint density at radius 2 is 2.08 bits per heavy atom. The molecule has 0 aromatic heterocycles. The van der Waals surface area contributed by atoms with Gasteiger partial charge in [-0.1, -0.05) is 18.2 Å².